The number of benzene rings is 2. The van der Waals surface area contributed by atoms with Gasteiger partial charge in [-0.1, -0.05) is 18.2 Å². The Bertz CT molecular complexity index is 967. The normalized spacial score (nSPS) is 9.92. The second-order valence-corrected chi connectivity index (χ2v) is 5.87. The Morgan fingerprint density at radius 1 is 1.12 bits per heavy atom. The Labute approximate surface area is 152 Å². The minimum absolute atomic E-state index is 0.215. The van der Waals surface area contributed by atoms with E-state index in [-0.39, 0.29) is 11.6 Å². The molecule has 0 aliphatic carbocycles. The third-order valence-corrected chi connectivity index (χ3v) is 3.95. The molecule has 3 rings (SSSR count). The van der Waals surface area contributed by atoms with Crippen molar-refractivity contribution in [2.45, 2.75) is 0 Å². The summed E-state index contributed by atoms with van der Waals surface area (Å²) >= 11 is 3.44. The van der Waals surface area contributed by atoms with Gasteiger partial charge in [-0.05, 0) is 52.3 Å². The third kappa shape index (κ3) is 4.19. The van der Waals surface area contributed by atoms with Crippen molar-refractivity contribution in [1.29, 1.82) is 5.26 Å². The average Bonchev–Trinajstić information content (AvgIpc) is 2.64. The number of nitriles is 1. The van der Waals surface area contributed by atoms with Crippen LogP contribution in [0.5, 0.6) is 0 Å². The summed E-state index contributed by atoms with van der Waals surface area (Å²) in [7, 11) is 0. The summed E-state index contributed by atoms with van der Waals surface area (Å²) in [6.45, 7) is 0. The summed E-state index contributed by atoms with van der Waals surface area (Å²) in [6.07, 6.45) is 1.51. The van der Waals surface area contributed by atoms with Gasteiger partial charge in [-0.2, -0.15) is 5.26 Å². The molecule has 0 radical (unpaired) electrons. The van der Waals surface area contributed by atoms with E-state index in [1.807, 2.05) is 30.3 Å². The van der Waals surface area contributed by atoms with E-state index < -0.39 is 0 Å². The first-order valence-electron chi connectivity index (χ1n) is 7.32. The van der Waals surface area contributed by atoms with Gasteiger partial charge >= 0.3 is 0 Å². The lowest BCUT2D eigenvalue weighted by atomic mass is 10.2. The second kappa shape index (κ2) is 7.55. The zero-order valence-electron chi connectivity index (χ0n) is 12.9. The van der Waals surface area contributed by atoms with Crippen LogP contribution in [0.15, 0.2) is 65.3 Å². The number of nitrogens with zero attached hydrogens (tertiary/aromatic N) is 3. The molecule has 0 bridgehead atoms. The van der Waals surface area contributed by atoms with Gasteiger partial charge in [-0.25, -0.2) is 9.97 Å². The van der Waals surface area contributed by atoms with Crippen LogP contribution in [0.25, 0.3) is 0 Å². The predicted molar refractivity (Wildman–Crippen MR) is 98.6 cm³/mol. The van der Waals surface area contributed by atoms with Crippen molar-refractivity contribution in [2.75, 3.05) is 10.6 Å². The zero-order chi connectivity index (χ0) is 17.6. The molecule has 3 aromatic rings. The van der Waals surface area contributed by atoms with Crippen LogP contribution in [-0.4, -0.2) is 15.9 Å². The number of para-hydroxylation sites is 1. The molecule has 6 nitrogen and oxygen atoms in total. The molecule has 0 aliphatic heterocycles. The molecule has 0 aliphatic rings. The van der Waals surface area contributed by atoms with Gasteiger partial charge in [0, 0.05) is 16.4 Å². The standard InChI is InChI=1S/C18H12BrN5O/c19-14-6-1-2-7-15(14)23-18-21-9-8-16(24-18)17(25)22-13-5-3-4-12(10-13)11-20/h1-10H,(H,22,25)(H,21,23,24). The number of aromatic nitrogens is 2. The number of carbonyl (C=O) groups is 1. The van der Waals surface area contributed by atoms with Crippen molar-refractivity contribution in [1.82, 2.24) is 9.97 Å². The number of amides is 1. The lowest BCUT2D eigenvalue weighted by Gasteiger charge is -2.08. The Balaban J connectivity index is 1.77. The first-order chi connectivity index (χ1) is 12.2. The van der Waals surface area contributed by atoms with Crippen LogP contribution < -0.4 is 10.6 Å². The van der Waals surface area contributed by atoms with Crippen molar-refractivity contribution in [3.8, 4) is 6.07 Å². The summed E-state index contributed by atoms with van der Waals surface area (Å²) in [6, 6.07) is 17.8. The molecular weight excluding hydrogens is 382 g/mol. The minimum atomic E-state index is -0.382. The van der Waals surface area contributed by atoms with Gasteiger partial charge in [0.25, 0.3) is 5.91 Å². The number of anilines is 3. The molecule has 2 N–H and O–H groups in total. The van der Waals surface area contributed by atoms with Crippen LogP contribution in [0.2, 0.25) is 0 Å². The topological polar surface area (TPSA) is 90.7 Å². The van der Waals surface area contributed by atoms with E-state index in [9.17, 15) is 4.79 Å². The van der Waals surface area contributed by atoms with Crippen LogP contribution in [0.1, 0.15) is 16.1 Å². The fraction of sp³-hybridized carbons (Fsp3) is 0. The van der Waals surface area contributed by atoms with Gasteiger partial charge in [0.05, 0.1) is 17.3 Å². The van der Waals surface area contributed by atoms with E-state index in [1.165, 1.54) is 12.3 Å². The highest BCUT2D eigenvalue weighted by molar-refractivity contribution is 9.10. The van der Waals surface area contributed by atoms with Gasteiger partial charge in [-0.15, -0.1) is 0 Å². The smallest absolute Gasteiger partial charge is 0.274 e. The molecule has 0 spiro atoms. The Morgan fingerprint density at radius 3 is 2.76 bits per heavy atom. The van der Waals surface area contributed by atoms with Gasteiger partial charge in [0.1, 0.15) is 5.69 Å². The van der Waals surface area contributed by atoms with Crippen molar-refractivity contribution in [3.63, 3.8) is 0 Å². The molecular formula is C18H12BrN5O. The van der Waals surface area contributed by atoms with Gasteiger partial charge in [0.2, 0.25) is 5.95 Å². The van der Waals surface area contributed by atoms with Crippen LogP contribution in [0.3, 0.4) is 0 Å². The zero-order valence-corrected chi connectivity index (χ0v) is 14.5. The van der Waals surface area contributed by atoms with Gasteiger partial charge in [-0.3, -0.25) is 4.79 Å². The third-order valence-electron chi connectivity index (χ3n) is 3.26. The van der Waals surface area contributed by atoms with E-state index in [2.05, 4.69) is 36.5 Å². The fourth-order valence-electron chi connectivity index (χ4n) is 2.09. The lowest BCUT2D eigenvalue weighted by Crippen LogP contribution is -2.14. The van der Waals surface area contributed by atoms with E-state index in [4.69, 9.17) is 5.26 Å². The molecule has 7 heteroatoms. The molecule has 2 aromatic carbocycles. The molecule has 0 fully saturated rings. The predicted octanol–water partition coefficient (Wildman–Crippen LogP) is 4.11. The lowest BCUT2D eigenvalue weighted by molar-refractivity contribution is 0.102. The summed E-state index contributed by atoms with van der Waals surface area (Å²) in [5, 5.41) is 14.7. The Kier molecular flexibility index (Phi) is 5.02. The molecule has 1 amide bonds. The highest BCUT2D eigenvalue weighted by Crippen LogP contribution is 2.23. The van der Waals surface area contributed by atoms with Gasteiger partial charge in [0.15, 0.2) is 0 Å². The quantitative estimate of drug-likeness (QED) is 0.695. The van der Waals surface area contributed by atoms with E-state index >= 15 is 0 Å². The van der Waals surface area contributed by atoms with Crippen LogP contribution in [0, 0.1) is 11.3 Å². The molecule has 0 saturated carbocycles. The van der Waals surface area contributed by atoms with Crippen molar-refractivity contribution < 1.29 is 4.79 Å². The first kappa shape index (κ1) is 16.6. The minimum Gasteiger partial charge on any atom is -0.323 e. The van der Waals surface area contributed by atoms with Crippen molar-refractivity contribution in [3.05, 3.63) is 76.5 Å². The SMILES string of the molecule is N#Cc1cccc(NC(=O)c2ccnc(Nc3ccccc3Br)n2)c1. The largest absolute Gasteiger partial charge is 0.323 e. The second-order valence-electron chi connectivity index (χ2n) is 5.02. The highest BCUT2D eigenvalue weighted by Gasteiger charge is 2.10. The van der Waals surface area contributed by atoms with Crippen LogP contribution in [0.4, 0.5) is 17.3 Å². The van der Waals surface area contributed by atoms with E-state index in [0.717, 1.165) is 10.2 Å². The van der Waals surface area contributed by atoms with E-state index in [1.54, 1.807) is 24.3 Å². The van der Waals surface area contributed by atoms with Crippen molar-refractivity contribution in [2.24, 2.45) is 0 Å². The number of nitrogens with one attached hydrogen (secondary N) is 2. The number of rotatable bonds is 4. The summed E-state index contributed by atoms with van der Waals surface area (Å²) in [5.74, 6) is -0.0713. The highest BCUT2D eigenvalue weighted by atomic mass is 79.9. The molecule has 0 unspecified atom stereocenters. The maximum atomic E-state index is 12.4. The number of halogens is 1. The Hall–Kier alpha value is -3.24. The molecule has 0 saturated heterocycles. The molecule has 122 valence electrons. The summed E-state index contributed by atoms with van der Waals surface area (Å²) in [5.41, 5.74) is 2.01. The molecule has 1 heterocycles. The maximum absolute atomic E-state index is 12.4. The van der Waals surface area contributed by atoms with Crippen molar-refractivity contribution >= 4 is 39.2 Å². The van der Waals surface area contributed by atoms with Crippen LogP contribution >= 0.6 is 15.9 Å². The molecule has 0 atom stereocenters. The first-order valence-corrected chi connectivity index (χ1v) is 8.11. The number of hydrogen-bond acceptors (Lipinski definition) is 5. The fourth-order valence-corrected chi connectivity index (χ4v) is 2.47. The summed E-state index contributed by atoms with van der Waals surface area (Å²) in [4.78, 5) is 20.7. The Morgan fingerprint density at radius 2 is 1.96 bits per heavy atom. The number of hydrogen-bond donors (Lipinski definition) is 2. The number of carbonyl (C=O) groups excluding carboxylic acids is 1. The van der Waals surface area contributed by atoms with Crippen LogP contribution in [-0.2, 0) is 0 Å². The molecule has 1 aromatic heterocycles. The van der Waals surface area contributed by atoms with Gasteiger partial charge < -0.3 is 10.6 Å². The van der Waals surface area contributed by atoms with E-state index in [0.29, 0.717) is 17.2 Å². The maximum Gasteiger partial charge on any atom is 0.274 e. The monoisotopic (exact) mass is 393 g/mol. The average molecular weight is 394 g/mol. The molecule has 25 heavy (non-hydrogen) atoms. The summed E-state index contributed by atoms with van der Waals surface area (Å²) < 4.78 is 0.863.